The Labute approximate surface area is 183 Å². The fraction of sp³-hybridized carbons (Fsp3) is 0.360. The van der Waals surface area contributed by atoms with Crippen molar-refractivity contribution in [1.82, 2.24) is 19.8 Å². The van der Waals surface area contributed by atoms with Gasteiger partial charge in [0.25, 0.3) is 0 Å². The van der Waals surface area contributed by atoms with Gasteiger partial charge in [-0.3, -0.25) is 4.98 Å². The van der Waals surface area contributed by atoms with Gasteiger partial charge in [0.05, 0.1) is 17.8 Å². The largest absolute Gasteiger partial charge is 0.352 e. The Kier molecular flexibility index (Phi) is 5.30. The Balaban J connectivity index is 1.62. The van der Waals surface area contributed by atoms with Crippen molar-refractivity contribution in [2.75, 3.05) is 0 Å². The standard InChI is InChI=1S/C25H28N4S/c1-18-10-5-6-14-21(18)28-17-9-15-22(28)24-23(20-13-7-8-16-26-20)27-25(30)29(24)19-11-3-2-4-12-19/h5-10,13-17,19,23-24H,2-4,11-12H2,1H3,(H,27,30). The van der Waals surface area contributed by atoms with E-state index in [0.29, 0.717) is 6.04 Å². The molecule has 1 saturated heterocycles. The van der Waals surface area contributed by atoms with Crippen molar-refractivity contribution in [3.63, 3.8) is 0 Å². The van der Waals surface area contributed by atoms with Gasteiger partial charge in [0, 0.05) is 29.8 Å². The fourth-order valence-corrected chi connectivity index (χ4v) is 5.51. The Morgan fingerprint density at radius 3 is 2.53 bits per heavy atom. The van der Waals surface area contributed by atoms with Crippen LogP contribution in [-0.4, -0.2) is 25.6 Å². The maximum absolute atomic E-state index is 5.91. The van der Waals surface area contributed by atoms with Crippen LogP contribution in [0.1, 0.15) is 61.1 Å². The second-order valence-corrected chi connectivity index (χ2v) is 8.80. The first kappa shape index (κ1) is 19.3. The van der Waals surface area contributed by atoms with E-state index < -0.39 is 0 Å². The zero-order valence-corrected chi connectivity index (χ0v) is 18.2. The third-order valence-electron chi connectivity index (χ3n) is 6.56. The molecule has 0 amide bonds. The van der Waals surface area contributed by atoms with Crippen molar-refractivity contribution >= 4 is 17.3 Å². The molecule has 154 valence electrons. The van der Waals surface area contributed by atoms with Crippen LogP contribution in [0.25, 0.3) is 5.69 Å². The summed E-state index contributed by atoms with van der Waals surface area (Å²) in [6, 6.07) is 19.8. The first-order chi connectivity index (χ1) is 14.7. The summed E-state index contributed by atoms with van der Waals surface area (Å²) in [4.78, 5) is 7.18. The first-order valence-electron chi connectivity index (χ1n) is 11.0. The summed E-state index contributed by atoms with van der Waals surface area (Å²) in [6.45, 7) is 2.17. The summed E-state index contributed by atoms with van der Waals surface area (Å²) in [6.07, 6.45) is 10.4. The lowest BCUT2D eigenvalue weighted by molar-refractivity contribution is 0.193. The minimum absolute atomic E-state index is 0.0401. The number of hydrogen-bond donors (Lipinski definition) is 1. The molecule has 0 bridgehead atoms. The number of benzene rings is 1. The molecule has 1 saturated carbocycles. The molecule has 3 aromatic rings. The molecular weight excluding hydrogens is 388 g/mol. The topological polar surface area (TPSA) is 33.1 Å². The molecule has 2 fully saturated rings. The summed E-state index contributed by atoms with van der Waals surface area (Å²) in [5.74, 6) is 0. The number of rotatable bonds is 4. The fourth-order valence-electron chi connectivity index (χ4n) is 5.12. The summed E-state index contributed by atoms with van der Waals surface area (Å²) in [7, 11) is 0. The van der Waals surface area contributed by atoms with E-state index in [1.165, 1.54) is 49.0 Å². The molecule has 1 aliphatic heterocycles. The van der Waals surface area contributed by atoms with Gasteiger partial charge < -0.3 is 14.8 Å². The summed E-state index contributed by atoms with van der Waals surface area (Å²) < 4.78 is 2.33. The van der Waals surface area contributed by atoms with Gasteiger partial charge in [0.1, 0.15) is 0 Å². The van der Waals surface area contributed by atoms with E-state index in [0.717, 1.165) is 10.8 Å². The third kappa shape index (κ3) is 3.41. The lowest BCUT2D eigenvalue weighted by atomic mass is 9.91. The second-order valence-electron chi connectivity index (χ2n) is 8.42. The lowest BCUT2D eigenvalue weighted by Crippen LogP contribution is -2.40. The van der Waals surface area contributed by atoms with Gasteiger partial charge in [-0.25, -0.2) is 0 Å². The minimum Gasteiger partial charge on any atom is -0.352 e. The maximum Gasteiger partial charge on any atom is 0.170 e. The van der Waals surface area contributed by atoms with E-state index in [1.807, 2.05) is 12.3 Å². The van der Waals surface area contributed by atoms with Crippen LogP contribution in [0.3, 0.4) is 0 Å². The molecule has 0 radical (unpaired) electrons. The Hall–Kier alpha value is -2.66. The van der Waals surface area contributed by atoms with E-state index >= 15 is 0 Å². The lowest BCUT2D eigenvalue weighted by Gasteiger charge is -2.37. The van der Waals surface area contributed by atoms with Crippen LogP contribution in [0.15, 0.2) is 67.0 Å². The number of nitrogens with one attached hydrogen (secondary N) is 1. The van der Waals surface area contributed by atoms with Crippen LogP contribution in [0, 0.1) is 6.92 Å². The SMILES string of the molecule is Cc1ccccc1-n1cccc1C1C(c2ccccn2)NC(=S)N1C1CCCCC1. The number of pyridine rings is 1. The number of aromatic nitrogens is 2. The quantitative estimate of drug-likeness (QED) is 0.571. The van der Waals surface area contributed by atoms with Crippen molar-refractivity contribution in [2.24, 2.45) is 0 Å². The molecule has 1 N–H and O–H groups in total. The third-order valence-corrected chi connectivity index (χ3v) is 6.89. The van der Waals surface area contributed by atoms with Crippen LogP contribution < -0.4 is 5.32 Å². The number of hydrogen-bond acceptors (Lipinski definition) is 2. The smallest absolute Gasteiger partial charge is 0.170 e. The molecule has 2 aromatic heterocycles. The van der Waals surface area contributed by atoms with Crippen molar-refractivity contribution in [3.05, 3.63) is 83.9 Å². The predicted molar refractivity (Wildman–Crippen MR) is 125 cm³/mol. The molecule has 4 nitrogen and oxygen atoms in total. The average Bonchev–Trinajstić information content (AvgIpc) is 3.39. The van der Waals surface area contributed by atoms with Crippen LogP contribution in [0.2, 0.25) is 0 Å². The van der Waals surface area contributed by atoms with Crippen molar-refractivity contribution < 1.29 is 0 Å². The average molecular weight is 417 g/mol. The molecule has 1 aliphatic carbocycles. The summed E-state index contributed by atoms with van der Waals surface area (Å²) in [5.41, 5.74) is 4.79. The molecule has 5 heteroatoms. The van der Waals surface area contributed by atoms with Gasteiger partial charge in [-0.05, 0) is 67.9 Å². The minimum atomic E-state index is 0.0401. The molecule has 2 aliphatic rings. The highest BCUT2D eigenvalue weighted by molar-refractivity contribution is 7.80. The van der Waals surface area contributed by atoms with E-state index in [1.54, 1.807) is 0 Å². The van der Waals surface area contributed by atoms with E-state index in [-0.39, 0.29) is 12.1 Å². The second kappa shape index (κ2) is 8.23. The van der Waals surface area contributed by atoms with Crippen LogP contribution in [0.5, 0.6) is 0 Å². The molecule has 5 rings (SSSR count). The van der Waals surface area contributed by atoms with Crippen LogP contribution in [0.4, 0.5) is 0 Å². The normalized spacial score (nSPS) is 22.3. The number of thiocarbonyl (C=S) groups is 1. The highest BCUT2D eigenvalue weighted by atomic mass is 32.1. The monoisotopic (exact) mass is 416 g/mol. The molecule has 2 atom stereocenters. The number of para-hydroxylation sites is 1. The van der Waals surface area contributed by atoms with Gasteiger partial charge in [-0.1, -0.05) is 43.5 Å². The van der Waals surface area contributed by atoms with Crippen molar-refractivity contribution in [2.45, 2.75) is 57.2 Å². The molecule has 30 heavy (non-hydrogen) atoms. The Bertz CT molecular complexity index is 1020. The Morgan fingerprint density at radius 1 is 0.967 bits per heavy atom. The zero-order chi connectivity index (χ0) is 20.5. The Morgan fingerprint density at radius 2 is 1.77 bits per heavy atom. The highest BCUT2D eigenvalue weighted by Gasteiger charge is 2.44. The molecule has 0 spiro atoms. The van der Waals surface area contributed by atoms with Crippen molar-refractivity contribution in [1.29, 1.82) is 0 Å². The zero-order valence-electron chi connectivity index (χ0n) is 17.4. The molecule has 3 heterocycles. The van der Waals surface area contributed by atoms with E-state index in [9.17, 15) is 0 Å². The summed E-state index contributed by atoms with van der Waals surface area (Å²) in [5, 5.41) is 4.49. The van der Waals surface area contributed by atoms with E-state index in [4.69, 9.17) is 17.2 Å². The van der Waals surface area contributed by atoms with Gasteiger partial charge in [-0.15, -0.1) is 0 Å². The van der Waals surface area contributed by atoms with Gasteiger partial charge in [0.2, 0.25) is 0 Å². The van der Waals surface area contributed by atoms with E-state index in [2.05, 4.69) is 76.4 Å². The van der Waals surface area contributed by atoms with Gasteiger partial charge in [0.15, 0.2) is 5.11 Å². The predicted octanol–water partition coefficient (Wildman–Crippen LogP) is 5.49. The molecule has 1 aromatic carbocycles. The van der Waals surface area contributed by atoms with Crippen LogP contribution in [-0.2, 0) is 0 Å². The van der Waals surface area contributed by atoms with Crippen LogP contribution >= 0.6 is 12.2 Å². The maximum atomic E-state index is 5.91. The van der Waals surface area contributed by atoms with Gasteiger partial charge in [-0.2, -0.15) is 0 Å². The first-order valence-corrected chi connectivity index (χ1v) is 11.4. The number of aryl methyl sites for hydroxylation is 1. The molecule has 2 unspecified atom stereocenters. The molecular formula is C25H28N4S. The number of nitrogens with zero attached hydrogens (tertiary/aromatic N) is 3. The summed E-state index contributed by atoms with van der Waals surface area (Å²) >= 11 is 5.91. The highest BCUT2D eigenvalue weighted by Crippen LogP contribution is 2.43. The van der Waals surface area contributed by atoms with Gasteiger partial charge >= 0.3 is 0 Å². The van der Waals surface area contributed by atoms with Crippen molar-refractivity contribution in [3.8, 4) is 5.69 Å².